The third kappa shape index (κ3) is 1.58. The van der Waals surface area contributed by atoms with Crippen molar-refractivity contribution in [2.24, 2.45) is 0 Å². The molecule has 88 valence electrons. The van der Waals surface area contributed by atoms with Crippen molar-refractivity contribution in [2.45, 2.75) is 5.92 Å². The molecule has 2 amide bonds. The molecule has 0 bridgehead atoms. The van der Waals surface area contributed by atoms with E-state index in [1.54, 1.807) is 12.1 Å². The summed E-state index contributed by atoms with van der Waals surface area (Å²) in [6, 6.07) is 6.10. The fourth-order valence-corrected chi connectivity index (χ4v) is 1.81. The van der Waals surface area contributed by atoms with Gasteiger partial charge in [-0.2, -0.15) is 0 Å². The molecule has 6 nitrogen and oxygen atoms in total. The normalized spacial score (nSPS) is 19.1. The number of carboxylic acid groups (broad SMARTS) is 1. The number of imide groups is 1. The zero-order valence-corrected chi connectivity index (χ0v) is 8.91. The minimum absolute atomic E-state index is 0.168. The molecule has 17 heavy (non-hydrogen) atoms. The number of carbonyl (C=O) groups is 3. The SMILES string of the molecule is CON1C(=O)c2ccccc2C(C(=O)O)C1=O. The number of hydroxylamine groups is 2. The standard InChI is InChI=1S/C11H9NO5/c1-17-12-9(13)7-5-3-2-4-6(7)8(10(12)14)11(15)16/h2-5,8H,1H3,(H,15,16). The number of benzene rings is 1. The van der Waals surface area contributed by atoms with Crippen LogP contribution >= 0.6 is 0 Å². The van der Waals surface area contributed by atoms with Crippen molar-refractivity contribution in [1.82, 2.24) is 5.06 Å². The molecule has 1 aliphatic rings. The average molecular weight is 235 g/mol. The number of hydrogen-bond donors (Lipinski definition) is 1. The monoisotopic (exact) mass is 235 g/mol. The molecule has 1 atom stereocenters. The number of fused-ring (bicyclic) bond motifs is 1. The topological polar surface area (TPSA) is 83.9 Å². The zero-order valence-electron chi connectivity index (χ0n) is 8.91. The molecule has 0 saturated heterocycles. The van der Waals surface area contributed by atoms with Crippen LogP contribution in [0.3, 0.4) is 0 Å². The van der Waals surface area contributed by atoms with E-state index in [-0.39, 0.29) is 11.1 Å². The summed E-state index contributed by atoms with van der Waals surface area (Å²) in [6.45, 7) is 0. The second-order valence-corrected chi connectivity index (χ2v) is 3.48. The van der Waals surface area contributed by atoms with Gasteiger partial charge in [0.05, 0.1) is 7.11 Å². The van der Waals surface area contributed by atoms with Gasteiger partial charge in [-0.1, -0.05) is 18.2 Å². The second-order valence-electron chi connectivity index (χ2n) is 3.48. The van der Waals surface area contributed by atoms with Crippen LogP contribution in [0, 0.1) is 0 Å². The summed E-state index contributed by atoms with van der Waals surface area (Å²) in [5.41, 5.74) is 0.365. The highest BCUT2D eigenvalue weighted by Crippen LogP contribution is 2.29. The van der Waals surface area contributed by atoms with Gasteiger partial charge in [0, 0.05) is 5.56 Å². The molecular weight excluding hydrogens is 226 g/mol. The van der Waals surface area contributed by atoms with E-state index in [2.05, 4.69) is 4.84 Å². The molecule has 0 saturated carbocycles. The third-order valence-corrected chi connectivity index (χ3v) is 2.56. The molecule has 0 aliphatic carbocycles. The predicted molar refractivity (Wildman–Crippen MR) is 55.0 cm³/mol. The maximum absolute atomic E-state index is 11.8. The predicted octanol–water partition coefficient (Wildman–Crippen LogP) is 0.399. The molecule has 1 aromatic rings. The molecule has 0 radical (unpaired) electrons. The number of nitrogens with zero attached hydrogens (tertiary/aromatic N) is 1. The Bertz CT molecular complexity index is 510. The Morgan fingerprint density at radius 1 is 1.35 bits per heavy atom. The highest BCUT2D eigenvalue weighted by Gasteiger charge is 2.43. The Kier molecular flexibility index (Phi) is 2.64. The molecule has 1 aliphatic heterocycles. The number of hydrogen-bond acceptors (Lipinski definition) is 4. The van der Waals surface area contributed by atoms with Gasteiger partial charge in [-0.25, -0.2) is 0 Å². The maximum Gasteiger partial charge on any atom is 0.320 e. The fourth-order valence-electron chi connectivity index (χ4n) is 1.81. The first kappa shape index (κ1) is 11.3. The van der Waals surface area contributed by atoms with E-state index in [0.29, 0.717) is 5.06 Å². The van der Waals surface area contributed by atoms with E-state index < -0.39 is 23.7 Å². The molecule has 1 heterocycles. The van der Waals surface area contributed by atoms with Crippen molar-refractivity contribution in [2.75, 3.05) is 7.11 Å². The van der Waals surface area contributed by atoms with Gasteiger partial charge in [0.2, 0.25) is 0 Å². The van der Waals surface area contributed by atoms with Crippen molar-refractivity contribution in [3.05, 3.63) is 35.4 Å². The summed E-state index contributed by atoms with van der Waals surface area (Å²) in [6.07, 6.45) is 0. The van der Waals surface area contributed by atoms with E-state index >= 15 is 0 Å². The van der Waals surface area contributed by atoms with Gasteiger partial charge in [0.15, 0.2) is 5.92 Å². The van der Waals surface area contributed by atoms with Gasteiger partial charge < -0.3 is 5.11 Å². The summed E-state index contributed by atoms with van der Waals surface area (Å²) in [5.74, 6) is -4.24. The van der Waals surface area contributed by atoms with E-state index in [9.17, 15) is 14.4 Å². The molecule has 1 unspecified atom stereocenters. The molecule has 1 N–H and O–H groups in total. The van der Waals surface area contributed by atoms with Crippen LogP contribution < -0.4 is 0 Å². The highest BCUT2D eigenvalue weighted by molar-refractivity contribution is 6.16. The third-order valence-electron chi connectivity index (χ3n) is 2.56. The first-order valence-electron chi connectivity index (χ1n) is 4.82. The molecule has 0 aromatic heterocycles. The fraction of sp³-hybridized carbons (Fsp3) is 0.182. The first-order valence-corrected chi connectivity index (χ1v) is 4.82. The Hall–Kier alpha value is -2.21. The summed E-state index contributed by atoms with van der Waals surface area (Å²) in [5, 5.41) is 9.51. The van der Waals surface area contributed by atoms with E-state index in [4.69, 9.17) is 5.11 Å². The number of rotatable bonds is 2. The van der Waals surface area contributed by atoms with E-state index in [1.807, 2.05) is 0 Å². The molecule has 1 aromatic carbocycles. The second kappa shape index (κ2) is 3.99. The molecule has 0 spiro atoms. The lowest BCUT2D eigenvalue weighted by molar-refractivity contribution is -0.168. The highest BCUT2D eigenvalue weighted by atomic mass is 16.7. The van der Waals surface area contributed by atoms with Gasteiger partial charge in [-0.15, -0.1) is 5.06 Å². The van der Waals surface area contributed by atoms with Crippen molar-refractivity contribution >= 4 is 17.8 Å². The largest absolute Gasteiger partial charge is 0.480 e. The Morgan fingerprint density at radius 2 is 2.00 bits per heavy atom. The van der Waals surface area contributed by atoms with Crippen LogP contribution in [0.2, 0.25) is 0 Å². The van der Waals surface area contributed by atoms with Crippen LogP contribution in [0.15, 0.2) is 24.3 Å². The molecule has 0 fully saturated rings. The van der Waals surface area contributed by atoms with Gasteiger partial charge in [0.1, 0.15) is 0 Å². The van der Waals surface area contributed by atoms with Gasteiger partial charge in [0.25, 0.3) is 11.8 Å². The summed E-state index contributed by atoms with van der Waals surface area (Å²) in [7, 11) is 1.14. The van der Waals surface area contributed by atoms with Crippen LogP contribution in [0.5, 0.6) is 0 Å². The quantitative estimate of drug-likeness (QED) is 0.592. The van der Waals surface area contributed by atoms with Crippen LogP contribution in [0.4, 0.5) is 0 Å². The van der Waals surface area contributed by atoms with Crippen LogP contribution in [0.1, 0.15) is 21.8 Å². The van der Waals surface area contributed by atoms with Crippen LogP contribution in [-0.4, -0.2) is 35.1 Å². The van der Waals surface area contributed by atoms with Gasteiger partial charge in [-0.05, 0) is 11.6 Å². The van der Waals surface area contributed by atoms with Gasteiger partial charge in [-0.3, -0.25) is 19.2 Å². The Morgan fingerprint density at radius 3 is 2.59 bits per heavy atom. The first-order chi connectivity index (χ1) is 8.07. The van der Waals surface area contributed by atoms with E-state index in [1.165, 1.54) is 12.1 Å². The number of carboxylic acids is 1. The maximum atomic E-state index is 11.8. The van der Waals surface area contributed by atoms with Crippen molar-refractivity contribution in [1.29, 1.82) is 0 Å². The Labute approximate surface area is 96.4 Å². The Balaban J connectivity index is 2.63. The number of aliphatic carboxylic acids is 1. The summed E-state index contributed by atoms with van der Waals surface area (Å²) < 4.78 is 0. The smallest absolute Gasteiger partial charge is 0.320 e. The van der Waals surface area contributed by atoms with Crippen LogP contribution in [0.25, 0.3) is 0 Å². The van der Waals surface area contributed by atoms with Crippen molar-refractivity contribution in [3.8, 4) is 0 Å². The summed E-state index contributed by atoms with van der Waals surface area (Å²) >= 11 is 0. The van der Waals surface area contributed by atoms with E-state index in [0.717, 1.165) is 7.11 Å². The number of amides is 2. The zero-order chi connectivity index (χ0) is 12.6. The molecule has 6 heteroatoms. The number of carbonyl (C=O) groups excluding carboxylic acids is 2. The summed E-state index contributed by atoms with van der Waals surface area (Å²) in [4.78, 5) is 39.3. The molecular formula is C11H9NO5. The average Bonchev–Trinajstić information content (AvgIpc) is 2.29. The minimum Gasteiger partial charge on any atom is -0.480 e. The van der Waals surface area contributed by atoms with Gasteiger partial charge >= 0.3 is 5.97 Å². The van der Waals surface area contributed by atoms with Crippen molar-refractivity contribution in [3.63, 3.8) is 0 Å². The molecule has 2 rings (SSSR count). The van der Waals surface area contributed by atoms with Crippen molar-refractivity contribution < 1.29 is 24.3 Å². The lowest BCUT2D eigenvalue weighted by Crippen LogP contribution is -2.46. The van der Waals surface area contributed by atoms with Crippen LogP contribution in [-0.2, 0) is 14.4 Å². The lowest BCUT2D eigenvalue weighted by Gasteiger charge is -2.28. The minimum atomic E-state index is -1.40. The lowest BCUT2D eigenvalue weighted by atomic mass is 9.89.